The summed E-state index contributed by atoms with van der Waals surface area (Å²) in [7, 11) is 0. The van der Waals surface area contributed by atoms with E-state index >= 15 is 0 Å². The molecule has 0 fully saturated rings. The van der Waals surface area contributed by atoms with Crippen molar-refractivity contribution in [3.8, 4) is 0 Å². The molecule has 0 aliphatic rings. The first-order valence-electron chi connectivity index (χ1n) is 4.69. The molecular formula is C9H10Cl2N2O4. The number of aromatic nitrogens is 1. The first kappa shape index (κ1) is 14.1. The second-order valence-corrected chi connectivity index (χ2v) is 4.06. The topological polar surface area (TPSA) is 96.5 Å². The Hall–Kier alpha value is -0.950. The Balaban J connectivity index is 2.99. The summed E-state index contributed by atoms with van der Waals surface area (Å²) >= 11 is 10.9. The van der Waals surface area contributed by atoms with Crippen LogP contribution in [-0.2, 0) is 0 Å². The minimum atomic E-state index is -1.28. The van der Waals surface area contributed by atoms with Crippen molar-refractivity contribution in [2.24, 2.45) is 0 Å². The van der Waals surface area contributed by atoms with Gasteiger partial charge in [-0.2, -0.15) is 0 Å². The Bertz CT molecular complexity index is 416. The lowest BCUT2D eigenvalue weighted by Gasteiger charge is -2.16. The van der Waals surface area contributed by atoms with Gasteiger partial charge in [0.15, 0.2) is 0 Å². The third kappa shape index (κ3) is 3.50. The molecule has 0 saturated carbocycles. The molecule has 2 N–H and O–H groups in total. The van der Waals surface area contributed by atoms with E-state index in [1.807, 2.05) is 0 Å². The van der Waals surface area contributed by atoms with Crippen LogP contribution in [0.5, 0.6) is 0 Å². The minimum absolute atomic E-state index is 0.124. The van der Waals surface area contributed by atoms with Gasteiger partial charge in [0.1, 0.15) is 6.10 Å². The zero-order valence-corrected chi connectivity index (χ0v) is 10.1. The van der Waals surface area contributed by atoms with Crippen LogP contribution in [-0.4, -0.2) is 32.1 Å². The first-order valence-corrected chi connectivity index (χ1v) is 5.60. The highest BCUT2D eigenvalue weighted by Gasteiger charge is 2.22. The molecule has 1 rings (SSSR count). The van der Waals surface area contributed by atoms with Crippen LogP contribution in [0.3, 0.4) is 0 Å². The predicted octanol–water partition coefficient (Wildman–Crippen LogP) is 1.67. The number of rotatable bonds is 5. The zero-order valence-electron chi connectivity index (χ0n) is 8.58. The molecule has 0 bridgehead atoms. The van der Waals surface area contributed by atoms with Crippen molar-refractivity contribution >= 4 is 28.9 Å². The number of aliphatic hydroxyl groups excluding tert-OH is 2. The lowest BCUT2D eigenvalue weighted by Crippen LogP contribution is -2.19. The van der Waals surface area contributed by atoms with E-state index < -0.39 is 22.8 Å². The second-order valence-electron chi connectivity index (χ2n) is 3.33. The highest BCUT2D eigenvalue weighted by Crippen LogP contribution is 2.27. The molecule has 2 atom stereocenters. The quantitative estimate of drug-likeness (QED) is 0.370. The molecule has 0 aliphatic heterocycles. The number of halogens is 2. The van der Waals surface area contributed by atoms with Crippen molar-refractivity contribution in [1.82, 2.24) is 4.98 Å². The fraction of sp³-hybridized carbons (Fsp3) is 0.444. The highest BCUT2D eigenvalue weighted by molar-refractivity contribution is 6.31. The smallest absolute Gasteiger partial charge is 0.306 e. The van der Waals surface area contributed by atoms with Gasteiger partial charge in [-0.15, -0.1) is 11.6 Å². The van der Waals surface area contributed by atoms with E-state index in [4.69, 9.17) is 23.2 Å². The minimum Gasteiger partial charge on any atom is -0.390 e. The molecule has 17 heavy (non-hydrogen) atoms. The highest BCUT2D eigenvalue weighted by atomic mass is 35.5. The van der Waals surface area contributed by atoms with Crippen LogP contribution >= 0.6 is 23.2 Å². The van der Waals surface area contributed by atoms with Crippen LogP contribution < -0.4 is 0 Å². The van der Waals surface area contributed by atoms with Crippen molar-refractivity contribution in [2.45, 2.75) is 18.6 Å². The summed E-state index contributed by atoms with van der Waals surface area (Å²) in [6, 6.07) is 1.08. The number of nitro groups is 1. The largest absolute Gasteiger partial charge is 0.390 e. The van der Waals surface area contributed by atoms with E-state index in [-0.39, 0.29) is 23.0 Å². The summed E-state index contributed by atoms with van der Waals surface area (Å²) < 4.78 is 0. The van der Waals surface area contributed by atoms with Gasteiger partial charge >= 0.3 is 5.69 Å². The van der Waals surface area contributed by atoms with Crippen molar-refractivity contribution in [2.75, 3.05) is 5.88 Å². The average molecular weight is 281 g/mol. The van der Waals surface area contributed by atoms with E-state index in [9.17, 15) is 20.3 Å². The van der Waals surface area contributed by atoms with Gasteiger partial charge in [0.25, 0.3) is 0 Å². The molecule has 0 aliphatic carbocycles. The standard InChI is InChI=1S/C9H10Cl2N2O4/c10-2-1-7(14)8(15)5-3-6(13(16)17)9(11)12-4-5/h3-4,7-8,14-15H,1-2H2. The zero-order chi connectivity index (χ0) is 13.0. The Labute approximate surface area is 107 Å². The molecule has 94 valence electrons. The predicted molar refractivity (Wildman–Crippen MR) is 62.2 cm³/mol. The van der Waals surface area contributed by atoms with Gasteiger partial charge in [-0.1, -0.05) is 11.6 Å². The van der Waals surface area contributed by atoms with E-state index in [0.717, 1.165) is 6.07 Å². The summed E-state index contributed by atoms with van der Waals surface area (Å²) in [5, 5.41) is 29.5. The van der Waals surface area contributed by atoms with Gasteiger partial charge in [-0.05, 0) is 6.42 Å². The summed E-state index contributed by atoms with van der Waals surface area (Å²) in [6.45, 7) is 0. The van der Waals surface area contributed by atoms with Gasteiger partial charge in [-0.25, -0.2) is 4.98 Å². The van der Waals surface area contributed by atoms with Crippen LogP contribution in [0.15, 0.2) is 12.3 Å². The molecule has 1 heterocycles. The number of pyridine rings is 1. The molecular weight excluding hydrogens is 271 g/mol. The molecule has 0 radical (unpaired) electrons. The fourth-order valence-corrected chi connectivity index (χ4v) is 1.63. The van der Waals surface area contributed by atoms with Crippen LogP contribution in [0.4, 0.5) is 5.69 Å². The van der Waals surface area contributed by atoms with Crippen LogP contribution in [0.2, 0.25) is 5.15 Å². The summed E-state index contributed by atoms with van der Waals surface area (Å²) in [5.74, 6) is 0.168. The van der Waals surface area contributed by atoms with Gasteiger partial charge in [-0.3, -0.25) is 10.1 Å². The van der Waals surface area contributed by atoms with E-state index in [0.29, 0.717) is 0 Å². The van der Waals surface area contributed by atoms with Crippen molar-refractivity contribution in [1.29, 1.82) is 0 Å². The van der Waals surface area contributed by atoms with Crippen molar-refractivity contribution < 1.29 is 15.1 Å². The maximum atomic E-state index is 10.6. The Kier molecular flexibility index (Phi) is 5.07. The monoisotopic (exact) mass is 280 g/mol. The molecule has 0 amide bonds. The lowest BCUT2D eigenvalue weighted by atomic mass is 10.0. The van der Waals surface area contributed by atoms with Crippen LogP contribution in [0.1, 0.15) is 18.1 Å². The maximum absolute atomic E-state index is 10.6. The number of nitrogens with zero attached hydrogens (tertiary/aromatic N) is 2. The molecule has 1 aromatic heterocycles. The van der Waals surface area contributed by atoms with Gasteiger partial charge in [0.2, 0.25) is 5.15 Å². The number of alkyl halides is 1. The fourth-order valence-electron chi connectivity index (χ4n) is 1.23. The summed E-state index contributed by atoms with van der Waals surface area (Å²) in [4.78, 5) is 13.5. The van der Waals surface area contributed by atoms with E-state index in [1.54, 1.807) is 0 Å². The molecule has 0 aromatic carbocycles. The van der Waals surface area contributed by atoms with Crippen LogP contribution in [0, 0.1) is 10.1 Å². The molecule has 1 aromatic rings. The average Bonchev–Trinajstić information content (AvgIpc) is 2.28. The van der Waals surface area contributed by atoms with Gasteiger partial charge in [0.05, 0.1) is 11.0 Å². The second kappa shape index (κ2) is 6.11. The summed E-state index contributed by atoms with van der Waals surface area (Å²) in [6.07, 6.45) is -1.04. The number of hydrogen-bond donors (Lipinski definition) is 2. The lowest BCUT2D eigenvalue weighted by molar-refractivity contribution is -0.385. The summed E-state index contributed by atoms with van der Waals surface area (Å²) in [5.41, 5.74) is -0.292. The first-order chi connectivity index (χ1) is 7.97. The molecule has 6 nitrogen and oxygen atoms in total. The van der Waals surface area contributed by atoms with Crippen molar-refractivity contribution in [3.63, 3.8) is 0 Å². The molecule has 2 unspecified atom stereocenters. The molecule has 0 saturated heterocycles. The number of aliphatic hydroxyl groups is 2. The van der Waals surface area contributed by atoms with E-state index in [1.165, 1.54) is 6.20 Å². The van der Waals surface area contributed by atoms with Crippen LogP contribution in [0.25, 0.3) is 0 Å². The third-order valence-corrected chi connectivity index (χ3v) is 2.66. The maximum Gasteiger partial charge on any atom is 0.306 e. The molecule has 8 heteroatoms. The van der Waals surface area contributed by atoms with Crippen molar-refractivity contribution in [3.05, 3.63) is 33.1 Å². The Morgan fingerprint density at radius 1 is 1.53 bits per heavy atom. The number of hydrogen-bond acceptors (Lipinski definition) is 5. The van der Waals surface area contributed by atoms with E-state index in [2.05, 4.69) is 4.98 Å². The normalized spacial score (nSPS) is 14.4. The SMILES string of the molecule is O=[N+]([O-])c1cc(C(O)C(O)CCCl)cnc1Cl. The Morgan fingerprint density at radius 3 is 2.71 bits per heavy atom. The van der Waals surface area contributed by atoms with Gasteiger partial charge in [0, 0.05) is 23.7 Å². The Morgan fingerprint density at radius 2 is 2.18 bits per heavy atom. The molecule has 0 spiro atoms. The third-order valence-electron chi connectivity index (χ3n) is 2.15. The van der Waals surface area contributed by atoms with Gasteiger partial charge < -0.3 is 10.2 Å².